The number of benzene rings is 2. The number of fused-ring (bicyclic) bond motifs is 3. The first-order chi connectivity index (χ1) is 16.3. The van der Waals surface area contributed by atoms with Crippen LogP contribution >= 0.6 is 0 Å². The Balaban J connectivity index is 1.32. The van der Waals surface area contributed by atoms with Crippen molar-refractivity contribution in [1.29, 1.82) is 0 Å². The van der Waals surface area contributed by atoms with Gasteiger partial charge >= 0.3 is 12.1 Å². The molecule has 2 aliphatic rings. The van der Waals surface area contributed by atoms with Gasteiger partial charge in [-0.05, 0) is 47.9 Å². The first-order valence-corrected chi connectivity index (χ1v) is 12.0. The highest BCUT2D eigenvalue weighted by molar-refractivity contribution is 5.82. The molecule has 0 aliphatic heterocycles. The van der Waals surface area contributed by atoms with Gasteiger partial charge in [-0.25, -0.2) is 4.79 Å². The summed E-state index contributed by atoms with van der Waals surface area (Å²) in [6.45, 7) is 3.92. The number of carbonyl (C=O) groups excluding carboxylic acids is 2. The van der Waals surface area contributed by atoms with Crippen LogP contribution in [0.5, 0.6) is 0 Å². The number of nitrogens with one attached hydrogen (secondary N) is 2. The fourth-order valence-electron chi connectivity index (χ4n) is 4.86. The van der Waals surface area contributed by atoms with Gasteiger partial charge in [-0.15, -0.1) is 0 Å². The van der Waals surface area contributed by atoms with Gasteiger partial charge in [-0.3, -0.25) is 9.59 Å². The molecule has 0 atom stereocenters. The van der Waals surface area contributed by atoms with Crippen LogP contribution in [-0.4, -0.2) is 41.8 Å². The zero-order valence-electron chi connectivity index (χ0n) is 19.7. The van der Waals surface area contributed by atoms with Crippen LogP contribution in [0.1, 0.15) is 63.0 Å². The standard InChI is InChI=1S/C27H32N2O5/c1-3-26(4-2,24(31)32)17-28-23(30)15-27(13-14-27)29-25(33)34-16-22-20-11-7-5-9-18(20)19-10-6-8-12-21(19)22/h5-12,22H,3-4,13-17H2,1-2H3,(H,28,30)(H,29,33)(H,31,32). The molecule has 0 aromatic heterocycles. The normalized spacial score (nSPS) is 15.7. The van der Waals surface area contributed by atoms with Crippen molar-refractivity contribution in [2.45, 2.75) is 57.4 Å². The third-order valence-corrected chi connectivity index (χ3v) is 7.49. The first-order valence-electron chi connectivity index (χ1n) is 12.0. The lowest BCUT2D eigenvalue weighted by atomic mass is 9.82. The van der Waals surface area contributed by atoms with E-state index in [0.717, 1.165) is 11.1 Å². The molecule has 4 rings (SSSR count). The number of ether oxygens (including phenoxy) is 1. The second kappa shape index (κ2) is 9.49. The highest BCUT2D eigenvalue weighted by Gasteiger charge is 2.47. The Morgan fingerprint density at radius 2 is 1.56 bits per heavy atom. The molecule has 0 saturated heterocycles. The zero-order valence-corrected chi connectivity index (χ0v) is 19.7. The molecule has 1 saturated carbocycles. The number of carboxylic acid groups (broad SMARTS) is 1. The van der Waals surface area contributed by atoms with Crippen molar-refractivity contribution in [2.75, 3.05) is 13.2 Å². The van der Waals surface area contributed by atoms with Crippen molar-refractivity contribution in [3.63, 3.8) is 0 Å². The van der Waals surface area contributed by atoms with E-state index in [0.29, 0.717) is 25.7 Å². The van der Waals surface area contributed by atoms with Gasteiger partial charge in [-0.2, -0.15) is 0 Å². The van der Waals surface area contributed by atoms with Crippen LogP contribution < -0.4 is 10.6 Å². The van der Waals surface area contributed by atoms with Gasteiger partial charge in [0.25, 0.3) is 0 Å². The third kappa shape index (κ3) is 4.65. The van der Waals surface area contributed by atoms with Gasteiger partial charge in [0, 0.05) is 18.9 Å². The summed E-state index contributed by atoms with van der Waals surface area (Å²) in [5.41, 5.74) is 3.04. The Labute approximate surface area is 199 Å². The lowest BCUT2D eigenvalue weighted by Gasteiger charge is -2.27. The van der Waals surface area contributed by atoms with E-state index in [1.807, 2.05) is 38.1 Å². The highest BCUT2D eigenvalue weighted by Crippen LogP contribution is 2.44. The Kier molecular flexibility index (Phi) is 6.64. The lowest BCUT2D eigenvalue weighted by Crippen LogP contribution is -2.45. The van der Waals surface area contributed by atoms with Crippen LogP contribution in [0.25, 0.3) is 11.1 Å². The summed E-state index contributed by atoms with van der Waals surface area (Å²) >= 11 is 0. The summed E-state index contributed by atoms with van der Waals surface area (Å²) < 4.78 is 5.62. The van der Waals surface area contributed by atoms with E-state index >= 15 is 0 Å². The topological polar surface area (TPSA) is 105 Å². The van der Waals surface area contributed by atoms with Crippen molar-refractivity contribution in [3.05, 3.63) is 59.7 Å². The molecule has 7 nitrogen and oxygen atoms in total. The summed E-state index contributed by atoms with van der Waals surface area (Å²) in [6, 6.07) is 16.3. The molecular formula is C27H32N2O5. The number of alkyl carbamates (subject to hydrolysis) is 1. The molecule has 2 aromatic rings. The van der Waals surface area contributed by atoms with Crippen LogP contribution in [0, 0.1) is 5.41 Å². The summed E-state index contributed by atoms with van der Waals surface area (Å²) in [4.78, 5) is 36.8. The predicted molar refractivity (Wildman–Crippen MR) is 128 cm³/mol. The van der Waals surface area contributed by atoms with Gasteiger partial charge in [0.2, 0.25) is 5.91 Å². The van der Waals surface area contributed by atoms with Crippen molar-refractivity contribution >= 4 is 18.0 Å². The number of aliphatic carboxylic acids is 1. The fourth-order valence-corrected chi connectivity index (χ4v) is 4.86. The number of carbonyl (C=O) groups is 3. The SMILES string of the molecule is CCC(CC)(CNC(=O)CC1(NC(=O)OCC2c3ccccc3-c3ccccc32)CC1)C(=O)O. The zero-order chi connectivity index (χ0) is 24.3. The van der Waals surface area contributed by atoms with Gasteiger partial charge in [0.15, 0.2) is 0 Å². The molecular weight excluding hydrogens is 432 g/mol. The summed E-state index contributed by atoms with van der Waals surface area (Å²) in [7, 11) is 0. The molecule has 2 aliphatic carbocycles. The van der Waals surface area contributed by atoms with E-state index in [4.69, 9.17) is 4.74 Å². The molecule has 180 valence electrons. The molecule has 1 fully saturated rings. The van der Waals surface area contributed by atoms with Gasteiger partial charge in [-0.1, -0.05) is 62.4 Å². The summed E-state index contributed by atoms with van der Waals surface area (Å²) in [5, 5.41) is 15.2. The average molecular weight is 465 g/mol. The van der Waals surface area contributed by atoms with Crippen LogP contribution in [0.2, 0.25) is 0 Å². The minimum Gasteiger partial charge on any atom is -0.481 e. The van der Waals surface area contributed by atoms with Gasteiger partial charge in [0.05, 0.1) is 11.0 Å². The van der Waals surface area contributed by atoms with Crippen molar-refractivity contribution < 1.29 is 24.2 Å². The van der Waals surface area contributed by atoms with Gasteiger partial charge in [0.1, 0.15) is 6.61 Å². The van der Waals surface area contributed by atoms with Crippen LogP contribution in [0.4, 0.5) is 4.79 Å². The van der Waals surface area contributed by atoms with Crippen LogP contribution in [0.3, 0.4) is 0 Å². The molecule has 0 spiro atoms. The smallest absolute Gasteiger partial charge is 0.407 e. The summed E-state index contributed by atoms with van der Waals surface area (Å²) in [6.07, 6.45) is 1.83. The number of hydrogen-bond donors (Lipinski definition) is 3. The molecule has 2 aromatic carbocycles. The van der Waals surface area contributed by atoms with E-state index in [2.05, 4.69) is 34.9 Å². The fraction of sp³-hybridized carbons (Fsp3) is 0.444. The Bertz CT molecular complexity index is 1040. The van der Waals surface area contributed by atoms with E-state index in [-0.39, 0.29) is 31.4 Å². The molecule has 34 heavy (non-hydrogen) atoms. The van der Waals surface area contributed by atoms with E-state index in [1.165, 1.54) is 11.1 Å². The number of hydrogen-bond acceptors (Lipinski definition) is 4. The Morgan fingerprint density at radius 3 is 2.06 bits per heavy atom. The monoisotopic (exact) mass is 464 g/mol. The number of rotatable bonds is 10. The molecule has 0 unspecified atom stereocenters. The minimum absolute atomic E-state index is 0.0242. The number of carboxylic acids is 1. The first kappa shape index (κ1) is 23.8. The maximum absolute atomic E-state index is 12.6. The average Bonchev–Trinajstić information content (AvgIpc) is 3.50. The minimum atomic E-state index is -0.966. The second-order valence-electron chi connectivity index (χ2n) is 9.48. The molecule has 3 N–H and O–H groups in total. The van der Waals surface area contributed by atoms with Gasteiger partial charge < -0.3 is 20.5 Å². The Hall–Kier alpha value is -3.35. The van der Waals surface area contributed by atoms with Crippen LogP contribution in [-0.2, 0) is 14.3 Å². The summed E-state index contributed by atoms with van der Waals surface area (Å²) in [5.74, 6) is -1.19. The van der Waals surface area contributed by atoms with Crippen molar-refractivity contribution in [1.82, 2.24) is 10.6 Å². The molecule has 2 amide bonds. The maximum atomic E-state index is 12.6. The van der Waals surface area contributed by atoms with E-state index < -0.39 is 23.0 Å². The number of amides is 2. The molecule has 7 heteroatoms. The van der Waals surface area contributed by atoms with E-state index in [9.17, 15) is 19.5 Å². The second-order valence-corrected chi connectivity index (χ2v) is 9.48. The van der Waals surface area contributed by atoms with Crippen molar-refractivity contribution in [2.24, 2.45) is 5.41 Å². The highest BCUT2D eigenvalue weighted by atomic mass is 16.5. The molecule has 0 radical (unpaired) electrons. The quantitative estimate of drug-likeness (QED) is 0.482. The largest absolute Gasteiger partial charge is 0.481 e. The van der Waals surface area contributed by atoms with Crippen LogP contribution in [0.15, 0.2) is 48.5 Å². The van der Waals surface area contributed by atoms with Crippen molar-refractivity contribution in [3.8, 4) is 11.1 Å². The van der Waals surface area contributed by atoms with E-state index in [1.54, 1.807) is 0 Å². The Morgan fingerprint density at radius 1 is 1.00 bits per heavy atom. The molecule has 0 bridgehead atoms. The third-order valence-electron chi connectivity index (χ3n) is 7.49. The molecule has 0 heterocycles. The lowest BCUT2D eigenvalue weighted by molar-refractivity contribution is -0.149. The predicted octanol–water partition coefficient (Wildman–Crippen LogP) is 4.46. The maximum Gasteiger partial charge on any atom is 0.407 e.